The van der Waals surface area contributed by atoms with Gasteiger partial charge in [-0.05, 0) is 42.7 Å². The number of hydrogen-bond acceptors (Lipinski definition) is 5. The lowest BCUT2D eigenvalue weighted by Crippen LogP contribution is -2.35. The minimum absolute atomic E-state index is 0.266. The molecule has 2 aromatic heterocycles. The summed E-state index contributed by atoms with van der Waals surface area (Å²) in [5.74, 6) is 0.638. The van der Waals surface area contributed by atoms with Crippen molar-refractivity contribution in [1.29, 1.82) is 0 Å². The number of fused-ring (bicyclic) bond motifs is 1. The molecule has 0 N–H and O–H groups in total. The Balaban J connectivity index is 1.57. The topological polar surface area (TPSA) is 61.0 Å². The minimum atomic E-state index is -0.478. The Hall–Kier alpha value is -3.12. The molecule has 1 saturated heterocycles. The van der Waals surface area contributed by atoms with Crippen molar-refractivity contribution in [3.63, 3.8) is 0 Å². The van der Waals surface area contributed by atoms with E-state index in [0.29, 0.717) is 43.5 Å². The molecule has 0 amide bonds. The zero-order valence-electron chi connectivity index (χ0n) is 15.1. The van der Waals surface area contributed by atoms with Crippen molar-refractivity contribution in [1.82, 2.24) is 15.2 Å². The summed E-state index contributed by atoms with van der Waals surface area (Å²) in [6.07, 6.45) is 1.40. The van der Waals surface area contributed by atoms with Crippen LogP contribution in [-0.4, -0.2) is 28.4 Å². The van der Waals surface area contributed by atoms with Crippen LogP contribution in [0.5, 0.6) is 0 Å². The van der Waals surface area contributed by atoms with Gasteiger partial charge < -0.3 is 9.15 Å². The predicted molar refractivity (Wildman–Crippen MR) is 102 cm³/mol. The molecule has 0 saturated carbocycles. The molecule has 5 nitrogen and oxygen atoms in total. The molecule has 0 radical (unpaired) electrons. The molecule has 4 aromatic rings. The lowest BCUT2D eigenvalue weighted by atomic mass is 9.74. The van der Waals surface area contributed by atoms with Crippen molar-refractivity contribution < 1.29 is 13.5 Å². The van der Waals surface area contributed by atoms with E-state index in [4.69, 9.17) is 9.15 Å². The Kier molecular flexibility index (Phi) is 4.13. The molecule has 28 heavy (non-hydrogen) atoms. The van der Waals surface area contributed by atoms with Gasteiger partial charge in [-0.25, -0.2) is 9.37 Å². The van der Waals surface area contributed by atoms with E-state index < -0.39 is 5.41 Å². The smallest absolute Gasteiger partial charge is 0.266 e. The highest BCUT2D eigenvalue weighted by atomic mass is 19.1. The van der Waals surface area contributed by atoms with Gasteiger partial charge in [0, 0.05) is 18.6 Å². The molecule has 3 heterocycles. The molecule has 0 unspecified atom stereocenters. The van der Waals surface area contributed by atoms with Crippen molar-refractivity contribution in [2.75, 3.05) is 13.2 Å². The third-order valence-corrected chi connectivity index (χ3v) is 5.40. The second kappa shape index (κ2) is 6.80. The summed E-state index contributed by atoms with van der Waals surface area (Å²) in [6, 6.07) is 18.3. The van der Waals surface area contributed by atoms with Gasteiger partial charge in [0.15, 0.2) is 0 Å². The zero-order chi connectivity index (χ0) is 19.0. The van der Waals surface area contributed by atoms with E-state index in [1.54, 1.807) is 12.1 Å². The number of hydrogen-bond donors (Lipinski definition) is 0. The average molecular weight is 375 g/mol. The summed E-state index contributed by atoms with van der Waals surface area (Å²) in [4.78, 5) is 4.64. The van der Waals surface area contributed by atoms with Gasteiger partial charge >= 0.3 is 0 Å². The number of para-hydroxylation sites is 1. The van der Waals surface area contributed by atoms with Gasteiger partial charge in [0.2, 0.25) is 5.89 Å². The van der Waals surface area contributed by atoms with Crippen LogP contribution in [-0.2, 0) is 10.2 Å². The first-order valence-corrected chi connectivity index (χ1v) is 9.29. The van der Waals surface area contributed by atoms with Gasteiger partial charge in [-0.1, -0.05) is 36.4 Å². The Morgan fingerprint density at radius 1 is 0.857 bits per heavy atom. The van der Waals surface area contributed by atoms with E-state index in [1.165, 1.54) is 12.1 Å². The highest BCUT2D eigenvalue weighted by molar-refractivity contribution is 5.80. The SMILES string of the molecule is Fc1ccc(C2(c3nnc(-c4ccc5ccccc5n4)o3)CCOCC2)cc1. The number of aromatic nitrogens is 3. The number of benzene rings is 2. The van der Waals surface area contributed by atoms with Crippen LogP contribution in [0.3, 0.4) is 0 Å². The summed E-state index contributed by atoms with van der Waals surface area (Å²) >= 11 is 0. The van der Waals surface area contributed by atoms with Gasteiger partial charge in [-0.3, -0.25) is 0 Å². The molecule has 1 aliphatic heterocycles. The van der Waals surface area contributed by atoms with Crippen molar-refractivity contribution in [2.45, 2.75) is 18.3 Å². The molecule has 0 atom stereocenters. The predicted octanol–water partition coefficient (Wildman–Crippen LogP) is 4.52. The van der Waals surface area contributed by atoms with E-state index in [-0.39, 0.29) is 5.82 Å². The van der Waals surface area contributed by atoms with E-state index in [9.17, 15) is 4.39 Å². The zero-order valence-corrected chi connectivity index (χ0v) is 15.1. The molecule has 0 spiro atoms. The van der Waals surface area contributed by atoms with E-state index in [1.807, 2.05) is 36.4 Å². The summed E-state index contributed by atoms with van der Waals surface area (Å²) in [5, 5.41) is 9.68. The standard InChI is InChI=1S/C22H18FN3O2/c23-17-8-6-16(7-9-17)22(11-13-27-14-12-22)21-26-25-20(28-21)19-10-5-15-3-1-2-4-18(15)24-19/h1-10H,11-14H2. The van der Waals surface area contributed by atoms with E-state index in [0.717, 1.165) is 16.5 Å². The summed E-state index contributed by atoms with van der Waals surface area (Å²) in [6.45, 7) is 1.17. The maximum Gasteiger partial charge on any atom is 0.266 e. The van der Waals surface area contributed by atoms with Crippen molar-refractivity contribution in [3.8, 4) is 11.6 Å². The molecular weight excluding hydrogens is 357 g/mol. The van der Waals surface area contributed by atoms with Crippen molar-refractivity contribution in [3.05, 3.63) is 77.9 Å². The molecule has 0 aliphatic carbocycles. The molecular formula is C22H18FN3O2. The van der Waals surface area contributed by atoms with Gasteiger partial charge in [0.25, 0.3) is 5.89 Å². The van der Waals surface area contributed by atoms with Crippen LogP contribution >= 0.6 is 0 Å². The first kappa shape index (κ1) is 17.0. The molecule has 140 valence electrons. The summed E-state index contributed by atoms with van der Waals surface area (Å²) in [7, 11) is 0. The molecule has 5 rings (SSSR count). The fraction of sp³-hybridized carbons (Fsp3) is 0.227. The van der Waals surface area contributed by atoms with Crippen LogP contribution in [0.15, 0.2) is 65.1 Å². The van der Waals surface area contributed by atoms with E-state index >= 15 is 0 Å². The molecule has 1 fully saturated rings. The Morgan fingerprint density at radius 3 is 2.46 bits per heavy atom. The van der Waals surface area contributed by atoms with Gasteiger partial charge in [0.05, 0.1) is 10.9 Å². The van der Waals surface area contributed by atoms with Crippen LogP contribution in [0.2, 0.25) is 0 Å². The highest BCUT2D eigenvalue weighted by Crippen LogP contribution is 2.41. The second-order valence-corrected chi connectivity index (χ2v) is 7.00. The fourth-order valence-electron chi connectivity index (χ4n) is 3.82. The number of rotatable bonds is 3. The second-order valence-electron chi connectivity index (χ2n) is 7.00. The van der Waals surface area contributed by atoms with Crippen LogP contribution in [0, 0.1) is 5.82 Å². The summed E-state index contributed by atoms with van der Waals surface area (Å²) in [5.41, 5.74) is 1.99. The Morgan fingerprint density at radius 2 is 1.64 bits per heavy atom. The Labute approximate surface area is 161 Å². The third-order valence-electron chi connectivity index (χ3n) is 5.40. The molecule has 2 aromatic carbocycles. The number of ether oxygens (including phenoxy) is 1. The number of pyridine rings is 1. The summed E-state index contributed by atoms with van der Waals surface area (Å²) < 4.78 is 25.1. The number of nitrogens with zero attached hydrogens (tertiary/aromatic N) is 3. The van der Waals surface area contributed by atoms with Crippen LogP contribution in [0.25, 0.3) is 22.5 Å². The highest BCUT2D eigenvalue weighted by Gasteiger charge is 2.41. The maximum atomic E-state index is 13.4. The average Bonchev–Trinajstić information content (AvgIpc) is 3.25. The van der Waals surface area contributed by atoms with Crippen LogP contribution in [0.4, 0.5) is 4.39 Å². The van der Waals surface area contributed by atoms with Gasteiger partial charge in [0.1, 0.15) is 11.5 Å². The van der Waals surface area contributed by atoms with Crippen molar-refractivity contribution in [2.24, 2.45) is 0 Å². The monoisotopic (exact) mass is 375 g/mol. The lowest BCUT2D eigenvalue weighted by Gasteiger charge is -2.34. The minimum Gasteiger partial charge on any atom is -0.418 e. The number of halogens is 1. The normalized spacial score (nSPS) is 16.3. The molecule has 6 heteroatoms. The van der Waals surface area contributed by atoms with Crippen molar-refractivity contribution >= 4 is 10.9 Å². The van der Waals surface area contributed by atoms with Gasteiger partial charge in [-0.15, -0.1) is 10.2 Å². The van der Waals surface area contributed by atoms with Crippen LogP contribution < -0.4 is 0 Å². The maximum absolute atomic E-state index is 13.4. The van der Waals surface area contributed by atoms with Gasteiger partial charge in [-0.2, -0.15) is 0 Å². The molecule has 1 aliphatic rings. The van der Waals surface area contributed by atoms with E-state index in [2.05, 4.69) is 15.2 Å². The third kappa shape index (κ3) is 2.86. The quantitative estimate of drug-likeness (QED) is 0.527. The molecule has 0 bridgehead atoms. The fourth-order valence-corrected chi connectivity index (χ4v) is 3.82. The first-order chi connectivity index (χ1) is 13.7. The Bertz CT molecular complexity index is 1120. The first-order valence-electron chi connectivity index (χ1n) is 9.29. The largest absolute Gasteiger partial charge is 0.418 e. The van der Waals surface area contributed by atoms with Crippen LogP contribution in [0.1, 0.15) is 24.3 Å². The lowest BCUT2D eigenvalue weighted by molar-refractivity contribution is 0.0546.